The Morgan fingerprint density at radius 1 is 1.19 bits per heavy atom. The van der Waals surface area contributed by atoms with Crippen molar-refractivity contribution in [3.63, 3.8) is 0 Å². The lowest BCUT2D eigenvalue weighted by molar-refractivity contribution is -0.123. The number of hydrogen-bond donors (Lipinski definition) is 1. The van der Waals surface area contributed by atoms with E-state index < -0.39 is 10.0 Å². The molecule has 26 heavy (non-hydrogen) atoms. The number of halogens is 1. The lowest BCUT2D eigenvalue weighted by atomic mass is 10.1. The molecule has 0 heterocycles. The molecule has 0 atom stereocenters. The first-order chi connectivity index (χ1) is 12.2. The minimum Gasteiger partial charge on any atom is -0.484 e. The van der Waals surface area contributed by atoms with Crippen molar-refractivity contribution in [2.45, 2.75) is 13.5 Å². The van der Waals surface area contributed by atoms with Gasteiger partial charge < -0.3 is 10.1 Å². The quantitative estimate of drug-likeness (QED) is 0.799. The van der Waals surface area contributed by atoms with Crippen LogP contribution in [0.5, 0.6) is 5.75 Å². The number of hydrogen-bond acceptors (Lipinski definition) is 4. The van der Waals surface area contributed by atoms with Crippen molar-refractivity contribution >= 4 is 21.6 Å². The largest absolute Gasteiger partial charge is 0.484 e. The van der Waals surface area contributed by atoms with Gasteiger partial charge in [-0.15, -0.1) is 0 Å². The van der Waals surface area contributed by atoms with Gasteiger partial charge in [0.05, 0.1) is 11.9 Å². The van der Waals surface area contributed by atoms with Crippen molar-refractivity contribution in [2.75, 3.05) is 24.2 Å². The fourth-order valence-corrected chi connectivity index (χ4v) is 2.60. The molecule has 2 rings (SSSR count). The third kappa shape index (κ3) is 5.45. The van der Waals surface area contributed by atoms with Crippen molar-refractivity contribution in [2.24, 2.45) is 0 Å². The summed E-state index contributed by atoms with van der Waals surface area (Å²) in [6, 6.07) is 11.1. The van der Waals surface area contributed by atoms with Crippen molar-refractivity contribution in [3.05, 3.63) is 59.4 Å². The number of carbonyl (C=O) groups excluding carboxylic acids is 1. The van der Waals surface area contributed by atoms with E-state index in [0.717, 1.165) is 10.6 Å². The second-order valence-electron chi connectivity index (χ2n) is 5.87. The molecule has 0 unspecified atom stereocenters. The van der Waals surface area contributed by atoms with Crippen LogP contribution in [-0.2, 0) is 21.4 Å². The number of aryl methyl sites for hydroxylation is 1. The van der Waals surface area contributed by atoms with Gasteiger partial charge in [0.2, 0.25) is 10.0 Å². The van der Waals surface area contributed by atoms with E-state index in [4.69, 9.17) is 4.74 Å². The third-order valence-electron chi connectivity index (χ3n) is 3.79. The molecule has 0 aliphatic carbocycles. The van der Waals surface area contributed by atoms with E-state index in [1.165, 1.54) is 13.1 Å². The van der Waals surface area contributed by atoms with Crippen molar-refractivity contribution in [1.29, 1.82) is 0 Å². The number of anilines is 1. The Morgan fingerprint density at radius 3 is 2.42 bits per heavy atom. The predicted molar refractivity (Wildman–Crippen MR) is 98.2 cm³/mol. The topological polar surface area (TPSA) is 75.7 Å². The van der Waals surface area contributed by atoms with Crippen LogP contribution in [0.25, 0.3) is 0 Å². The van der Waals surface area contributed by atoms with Gasteiger partial charge in [0.1, 0.15) is 11.6 Å². The van der Waals surface area contributed by atoms with E-state index in [0.29, 0.717) is 22.6 Å². The van der Waals surface area contributed by atoms with Gasteiger partial charge in [0.15, 0.2) is 6.61 Å². The molecule has 1 N–H and O–H groups in total. The summed E-state index contributed by atoms with van der Waals surface area (Å²) in [7, 11) is -1.88. The van der Waals surface area contributed by atoms with Crippen LogP contribution in [0.2, 0.25) is 0 Å². The summed E-state index contributed by atoms with van der Waals surface area (Å²) in [5.41, 5.74) is 1.70. The van der Waals surface area contributed by atoms with Gasteiger partial charge in [-0.2, -0.15) is 0 Å². The number of amides is 1. The Morgan fingerprint density at radius 2 is 1.85 bits per heavy atom. The number of nitrogens with one attached hydrogen (secondary N) is 1. The average molecular weight is 380 g/mol. The minimum absolute atomic E-state index is 0.199. The molecule has 1 amide bonds. The molecule has 0 spiro atoms. The maximum absolute atomic E-state index is 13.5. The van der Waals surface area contributed by atoms with Crippen molar-refractivity contribution < 1.29 is 22.3 Å². The minimum atomic E-state index is -3.33. The number of benzene rings is 2. The van der Waals surface area contributed by atoms with Gasteiger partial charge in [0, 0.05) is 13.6 Å². The molecule has 0 aliphatic heterocycles. The summed E-state index contributed by atoms with van der Waals surface area (Å²) in [6.07, 6.45) is 1.11. The Labute approximate surface area is 152 Å². The van der Waals surface area contributed by atoms with Gasteiger partial charge >= 0.3 is 0 Å². The van der Waals surface area contributed by atoms with Crippen LogP contribution in [0, 0.1) is 12.7 Å². The maximum atomic E-state index is 13.5. The van der Waals surface area contributed by atoms with Crippen molar-refractivity contribution in [1.82, 2.24) is 5.32 Å². The lowest BCUT2D eigenvalue weighted by Gasteiger charge is -2.16. The molecule has 0 saturated carbocycles. The second-order valence-corrected chi connectivity index (χ2v) is 7.89. The first-order valence-electron chi connectivity index (χ1n) is 7.85. The predicted octanol–water partition coefficient (Wildman–Crippen LogP) is 2.23. The zero-order valence-electron chi connectivity index (χ0n) is 14.8. The molecule has 0 radical (unpaired) electrons. The number of nitrogens with zero attached hydrogens (tertiary/aromatic N) is 1. The highest BCUT2D eigenvalue weighted by Gasteiger charge is 2.11. The van der Waals surface area contributed by atoms with Gasteiger partial charge in [-0.3, -0.25) is 9.10 Å². The van der Waals surface area contributed by atoms with Crippen LogP contribution < -0.4 is 14.4 Å². The molecule has 0 bridgehead atoms. The zero-order chi connectivity index (χ0) is 19.3. The zero-order valence-corrected chi connectivity index (χ0v) is 15.6. The fraction of sp³-hybridized carbons (Fsp3) is 0.278. The van der Waals surface area contributed by atoms with E-state index in [1.807, 2.05) is 0 Å². The third-order valence-corrected chi connectivity index (χ3v) is 5.00. The molecule has 6 nitrogen and oxygen atoms in total. The van der Waals surface area contributed by atoms with Gasteiger partial charge in [-0.1, -0.05) is 12.1 Å². The van der Waals surface area contributed by atoms with Gasteiger partial charge in [-0.05, 0) is 48.4 Å². The Kier molecular flexibility index (Phi) is 6.20. The lowest BCUT2D eigenvalue weighted by Crippen LogP contribution is -2.28. The Hall–Kier alpha value is -2.61. The number of rotatable bonds is 7. The fourth-order valence-electron chi connectivity index (χ4n) is 2.09. The standard InChI is InChI=1S/C18H21FN2O4S/c1-13-4-5-14(10-17(13)19)11-20-18(22)12-25-16-8-6-15(7-9-16)21(2)26(3,23)24/h4-10H,11-12H2,1-3H3,(H,20,22). The highest BCUT2D eigenvalue weighted by Crippen LogP contribution is 2.20. The molecule has 140 valence electrons. The molecule has 0 aliphatic rings. The van der Waals surface area contributed by atoms with Crippen LogP contribution in [-0.4, -0.2) is 34.2 Å². The SMILES string of the molecule is Cc1ccc(CNC(=O)COc2ccc(N(C)S(C)(=O)=O)cc2)cc1F. The summed E-state index contributed by atoms with van der Waals surface area (Å²) in [5.74, 6) is -0.220. The van der Waals surface area contributed by atoms with E-state index in [-0.39, 0.29) is 24.9 Å². The van der Waals surface area contributed by atoms with Gasteiger partial charge in [-0.25, -0.2) is 12.8 Å². The molecule has 2 aromatic carbocycles. The van der Waals surface area contributed by atoms with Crippen molar-refractivity contribution in [3.8, 4) is 5.75 Å². The first kappa shape index (κ1) is 19.7. The highest BCUT2D eigenvalue weighted by atomic mass is 32.2. The Balaban J connectivity index is 1.84. The summed E-state index contributed by atoms with van der Waals surface area (Å²) in [6.45, 7) is 1.68. The maximum Gasteiger partial charge on any atom is 0.258 e. The highest BCUT2D eigenvalue weighted by molar-refractivity contribution is 7.92. The van der Waals surface area contributed by atoms with Crippen LogP contribution >= 0.6 is 0 Å². The first-order valence-corrected chi connectivity index (χ1v) is 9.70. The second kappa shape index (κ2) is 8.18. The van der Waals surface area contributed by atoms with E-state index >= 15 is 0 Å². The number of ether oxygens (including phenoxy) is 1. The van der Waals surface area contributed by atoms with Crippen LogP contribution in [0.15, 0.2) is 42.5 Å². The number of carbonyl (C=O) groups is 1. The molecule has 0 aromatic heterocycles. The molecular formula is C18H21FN2O4S. The number of sulfonamides is 1. The van der Waals surface area contributed by atoms with Gasteiger partial charge in [0.25, 0.3) is 5.91 Å². The molecule has 2 aromatic rings. The summed E-state index contributed by atoms with van der Waals surface area (Å²) in [4.78, 5) is 11.8. The van der Waals surface area contributed by atoms with Crippen LogP contribution in [0.3, 0.4) is 0 Å². The summed E-state index contributed by atoms with van der Waals surface area (Å²) < 4.78 is 42.9. The average Bonchev–Trinajstić information content (AvgIpc) is 2.60. The molecule has 8 heteroatoms. The summed E-state index contributed by atoms with van der Waals surface area (Å²) >= 11 is 0. The molecule has 0 fully saturated rings. The van der Waals surface area contributed by atoms with Crippen LogP contribution in [0.1, 0.15) is 11.1 Å². The molecular weight excluding hydrogens is 359 g/mol. The monoisotopic (exact) mass is 380 g/mol. The van der Waals surface area contributed by atoms with E-state index in [1.54, 1.807) is 43.3 Å². The van der Waals surface area contributed by atoms with E-state index in [2.05, 4.69) is 5.32 Å². The Bertz CT molecular complexity index is 883. The van der Waals surface area contributed by atoms with E-state index in [9.17, 15) is 17.6 Å². The normalized spacial score (nSPS) is 11.1. The van der Waals surface area contributed by atoms with Crippen LogP contribution in [0.4, 0.5) is 10.1 Å². The molecule has 0 saturated heterocycles. The smallest absolute Gasteiger partial charge is 0.258 e. The summed E-state index contributed by atoms with van der Waals surface area (Å²) in [5, 5.41) is 2.65.